The Morgan fingerprint density at radius 2 is 1.82 bits per heavy atom. The zero-order chi connectivity index (χ0) is 12.8. The molecule has 0 unspecified atom stereocenters. The fourth-order valence-electron chi connectivity index (χ4n) is 1.96. The summed E-state index contributed by atoms with van der Waals surface area (Å²) in [5, 5.41) is 0. The predicted molar refractivity (Wildman–Crippen MR) is 57.4 cm³/mol. The topological polar surface area (TPSA) is 21.1 Å². The number of aromatic nitrogens is 2. The second-order valence-corrected chi connectivity index (χ2v) is 5.33. The normalized spacial score (nSPS) is 18.2. The van der Waals surface area contributed by atoms with Crippen molar-refractivity contribution in [3.8, 4) is 0 Å². The van der Waals surface area contributed by atoms with Gasteiger partial charge < -0.3 is 4.57 Å². The molecule has 96 valence electrons. The van der Waals surface area contributed by atoms with Gasteiger partial charge in [0.15, 0.2) is 5.69 Å². The van der Waals surface area contributed by atoms with E-state index in [0.717, 1.165) is 12.7 Å². The van der Waals surface area contributed by atoms with Crippen LogP contribution in [0.15, 0.2) is 6.20 Å². The summed E-state index contributed by atoms with van der Waals surface area (Å²) in [4.78, 5) is 5.82. The molecule has 2 rings (SSSR count). The first-order valence-corrected chi connectivity index (χ1v) is 5.56. The van der Waals surface area contributed by atoms with E-state index in [2.05, 4.69) is 30.7 Å². The van der Waals surface area contributed by atoms with Gasteiger partial charge in [0.1, 0.15) is 5.82 Å². The molecule has 2 heterocycles. The number of halogens is 3. The average Bonchev–Trinajstić information content (AvgIpc) is 2.57. The van der Waals surface area contributed by atoms with E-state index >= 15 is 0 Å². The molecule has 0 aromatic carbocycles. The molecule has 17 heavy (non-hydrogen) atoms. The quantitative estimate of drug-likeness (QED) is 0.702. The lowest BCUT2D eigenvalue weighted by Gasteiger charge is -2.38. The minimum Gasteiger partial charge on any atom is -0.332 e. The highest BCUT2D eigenvalue weighted by Crippen LogP contribution is 2.30. The first-order chi connectivity index (χ1) is 7.68. The molecular formula is C11H16F3N3. The van der Waals surface area contributed by atoms with Crippen LogP contribution in [-0.2, 0) is 19.3 Å². The number of imidazole rings is 1. The van der Waals surface area contributed by atoms with Crippen molar-refractivity contribution in [2.45, 2.75) is 45.6 Å². The maximum atomic E-state index is 12.5. The van der Waals surface area contributed by atoms with E-state index in [1.54, 1.807) is 4.57 Å². The van der Waals surface area contributed by atoms with Gasteiger partial charge in [0.05, 0.1) is 6.54 Å². The molecular weight excluding hydrogens is 231 g/mol. The number of rotatable bonds is 0. The van der Waals surface area contributed by atoms with Crippen molar-refractivity contribution in [1.82, 2.24) is 14.5 Å². The average molecular weight is 247 g/mol. The number of alkyl halides is 3. The molecule has 0 fully saturated rings. The van der Waals surface area contributed by atoms with Gasteiger partial charge in [-0.15, -0.1) is 0 Å². The van der Waals surface area contributed by atoms with Crippen LogP contribution in [0.25, 0.3) is 0 Å². The van der Waals surface area contributed by atoms with Crippen LogP contribution in [0.2, 0.25) is 0 Å². The molecule has 0 N–H and O–H groups in total. The lowest BCUT2D eigenvalue weighted by Crippen LogP contribution is -2.45. The van der Waals surface area contributed by atoms with Crippen LogP contribution in [0, 0.1) is 0 Å². The van der Waals surface area contributed by atoms with Gasteiger partial charge in [0.25, 0.3) is 0 Å². The van der Waals surface area contributed by atoms with E-state index in [4.69, 9.17) is 0 Å². The third kappa shape index (κ3) is 2.46. The lowest BCUT2D eigenvalue weighted by molar-refractivity contribution is -0.141. The van der Waals surface area contributed by atoms with E-state index in [0.29, 0.717) is 18.9 Å². The van der Waals surface area contributed by atoms with Crippen molar-refractivity contribution >= 4 is 0 Å². The summed E-state index contributed by atoms with van der Waals surface area (Å²) in [6.07, 6.45) is -3.24. The zero-order valence-electron chi connectivity index (χ0n) is 10.2. The van der Waals surface area contributed by atoms with Gasteiger partial charge in [0.2, 0.25) is 0 Å². The van der Waals surface area contributed by atoms with Gasteiger partial charge in [-0.3, -0.25) is 4.90 Å². The van der Waals surface area contributed by atoms with Gasteiger partial charge in [-0.25, -0.2) is 4.98 Å². The van der Waals surface area contributed by atoms with Crippen molar-refractivity contribution in [1.29, 1.82) is 0 Å². The summed E-state index contributed by atoms with van der Waals surface area (Å²) >= 11 is 0. The lowest BCUT2D eigenvalue weighted by atomic mass is 10.1. The first kappa shape index (κ1) is 12.4. The SMILES string of the molecule is CC(C)(C)N1CCn2cc(C(F)(F)F)nc2C1. The molecule has 0 atom stereocenters. The van der Waals surface area contributed by atoms with Crippen LogP contribution in [-0.4, -0.2) is 26.5 Å². The number of hydrogen-bond donors (Lipinski definition) is 0. The monoisotopic (exact) mass is 247 g/mol. The molecule has 0 radical (unpaired) electrons. The molecule has 0 amide bonds. The Bertz CT molecular complexity index is 415. The maximum absolute atomic E-state index is 12.5. The summed E-state index contributed by atoms with van der Waals surface area (Å²) in [6.45, 7) is 7.95. The molecule has 0 saturated carbocycles. The van der Waals surface area contributed by atoms with Gasteiger partial charge >= 0.3 is 6.18 Å². The zero-order valence-corrected chi connectivity index (χ0v) is 10.2. The van der Waals surface area contributed by atoms with Crippen molar-refractivity contribution in [2.75, 3.05) is 6.54 Å². The van der Waals surface area contributed by atoms with Crippen LogP contribution in [0.3, 0.4) is 0 Å². The van der Waals surface area contributed by atoms with Crippen LogP contribution >= 0.6 is 0 Å². The fraction of sp³-hybridized carbons (Fsp3) is 0.727. The Kier molecular flexibility index (Phi) is 2.72. The Balaban J connectivity index is 2.25. The Hall–Kier alpha value is -1.04. The van der Waals surface area contributed by atoms with Crippen LogP contribution in [0.4, 0.5) is 13.2 Å². The summed E-state index contributed by atoms with van der Waals surface area (Å²) in [5.41, 5.74) is -0.835. The number of hydrogen-bond acceptors (Lipinski definition) is 2. The molecule has 0 bridgehead atoms. The summed E-state index contributed by atoms with van der Waals surface area (Å²) in [6, 6.07) is 0. The molecule has 3 nitrogen and oxygen atoms in total. The van der Waals surface area contributed by atoms with Crippen molar-refractivity contribution in [2.24, 2.45) is 0 Å². The molecule has 0 spiro atoms. The molecule has 6 heteroatoms. The summed E-state index contributed by atoms with van der Waals surface area (Å²) in [5.74, 6) is 0.499. The molecule has 0 aliphatic carbocycles. The van der Waals surface area contributed by atoms with E-state index in [9.17, 15) is 13.2 Å². The third-order valence-corrected chi connectivity index (χ3v) is 3.04. The highest BCUT2D eigenvalue weighted by molar-refractivity contribution is 5.09. The molecule has 1 aliphatic rings. The van der Waals surface area contributed by atoms with Crippen LogP contribution in [0.5, 0.6) is 0 Å². The Labute approximate surface area is 98.2 Å². The van der Waals surface area contributed by atoms with Gasteiger partial charge in [-0.1, -0.05) is 0 Å². The van der Waals surface area contributed by atoms with Crippen molar-refractivity contribution < 1.29 is 13.2 Å². The Morgan fingerprint density at radius 1 is 1.18 bits per heavy atom. The minimum atomic E-state index is -4.35. The smallest absolute Gasteiger partial charge is 0.332 e. The summed E-state index contributed by atoms with van der Waals surface area (Å²) in [7, 11) is 0. The minimum absolute atomic E-state index is 0.0460. The maximum Gasteiger partial charge on any atom is 0.434 e. The number of nitrogens with zero attached hydrogens (tertiary/aromatic N) is 3. The molecule has 1 aromatic rings. The largest absolute Gasteiger partial charge is 0.434 e. The van der Waals surface area contributed by atoms with Crippen LogP contribution in [0.1, 0.15) is 32.3 Å². The standard InChI is InChI=1S/C11H16F3N3/c1-10(2,3)17-5-4-16-6-8(11(12,13)14)15-9(16)7-17/h6H,4-5,7H2,1-3H3. The molecule has 1 aliphatic heterocycles. The Morgan fingerprint density at radius 3 is 2.35 bits per heavy atom. The molecule has 0 saturated heterocycles. The van der Waals surface area contributed by atoms with Crippen LogP contribution < -0.4 is 0 Å². The second kappa shape index (κ2) is 3.73. The highest BCUT2D eigenvalue weighted by atomic mass is 19.4. The van der Waals surface area contributed by atoms with Gasteiger partial charge in [-0.2, -0.15) is 13.2 Å². The second-order valence-electron chi connectivity index (χ2n) is 5.33. The predicted octanol–water partition coefficient (Wildman–Crippen LogP) is 2.52. The summed E-state index contributed by atoms with van der Waals surface area (Å²) < 4.78 is 39.2. The number of fused-ring (bicyclic) bond motifs is 1. The van der Waals surface area contributed by atoms with E-state index in [1.807, 2.05) is 0 Å². The molecule has 1 aromatic heterocycles. The van der Waals surface area contributed by atoms with E-state index < -0.39 is 11.9 Å². The van der Waals surface area contributed by atoms with Gasteiger partial charge in [0, 0.05) is 24.8 Å². The van der Waals surface area contributed by atoms with Crippen molar-refractivity contribution in [3.63, 3.8) is 0 Å². The van der Waals surface area contributed by atoms with E-state index in [-0.39, 0.29) is 5.54 Å². The fourth-order valence-corrected chi connectivity index (χ4v) is 1.96. The van der Waals surface area contributed by atoms with E-state index in [1.165, 1.54) is 0 Å². The first-order valence-electron chi connectivity index (χ1n) is 5.56. The third-order valence-electron chi connectivity index (χ3n) is 3.04. The van der Waals surface area contributed by atoms with Gasteiger partial charge in [-0.05, 0) is 20.8 Å². The highest BCUT2D eigenvalue weighted by Gasteiger charge is 2.36. The van der Waals surface area contributed by atoms with Crippen molar-refractivity contribution in [3.05, 3.63) is 17.7 Å².